The van der Waals surface area contributed by atoms with Crippen LogP contribution in [0.25, 0.3) is 22.2 Å². The zero-order valence-corrected chi connectivity index (χ0v) is 13.8. The molecule has 0 bridgehead atoms. The third-order valence-corrected chi connectivity index (χ3v) is 4.04. The van der Waals surface area contributed by atoms with Crippen LogP contribution < -0.4 is 5.56 Å². The molecule has 0 N–H and O–H groups in total. The van der Waals surface area contributed by atoms with Crippen molar-refractivity contribution in [3.8, 4) is 11.4 Å². The van der Waals surface area contributed by atoms with Gasteiger partial charge in [-0.25, -0.2) is 14.4 Å². The topological polar surface area (TPSA) is 47.8 Å². The van der Waals surface area contributed by atoms with Crippen molar-refractivity contribution in [1.29, 1.82) is 0 Å². The lowest BCUT2D eigenvalue weighted by Crippen LogP contribution is -2.19. The van der Waals surface area contributed by atoms with Gasteiger partial charge in [-0.05, 0) is 30.0 Å². The van der Waals surface area contributed by atoms with Crippen molar-refractivity contribution >= 4 is 10.8 Å². The summed E-state index contributed by atoms with van der Waals surface area (Å²) in [6.07, 6.45) is 0.0114. The third kappa shape index (κ3) is 3.44. The van der Waals surface area contributed by atoms with Crippen molar-refractivity contribution in [3.05, 3.63) is 58.5 Å². The molecule has 3 aromatic rings. The SMILES string of the molecule is CCCCn1ccc2cc(-c3ncc(C(F)(F)F)cn3)c(F)cc2c1=O. The molecule has 0 radical (unpaired) electrons. The molecule has 0 amide bonds. The van der Waals surface area contributed by atoms with Gasteiger partial charge in [0.25, 0.3) is 5.56 Å². The van der Waals surface area contributed by atoms with E-state index >= 15 is 0 Å². The number of fused-ring (bicyclic) bond motifs is 1. The highest BCUT2D eigenvalue weighted by atomic mass is 19.4. The van der Waals surface area contributed by atoms with Gasteiger partial charge in [-0.15, -0.1) is 0 Å². The van der Waals surface area contributed by atoms with Crippen LogP contribution in [0.1, 0.15) is 25.3 Å². The number of unbranched alkanes of at least 4 members (excludes halogenated alkanes) is 1. The molecule has 2 aromatic heterocycles. The Bertz CT molecular complexity index is 994. The Morgan fingerprint density at radius 1 is 1.15 bits per heavy atom. The first-order chi connectivity index (χ1) is 12.3. The lowest BCUT2D eigenvalue weighted by atomic mass is 10.1. The lowest BCUT2D eigenvalue weighted by molar-refractivity contribution is -0.138. The maximum absolute atomic E-state index is 14.5. The Labute approximate surface area is 146 Å². The van der Waals surface area contributed by atoms with Crippen LogP contribution in [-0.2, 0) is 12.7 Å². The molecule has 26 heavy (non-hydrogen) atoms. The fourth-order valence-electron chi connectivity index (χ4n) is 2.60. The van der Waals surface area contributed by atoms with Gasteiger partial charge in [0.05, 0.1) is 16.5 Å². The first-order valence-electron chi connectivity index (χ1n) is 8.03. The molecular weight excluding hydrogens is 350 g/mol. The second kappa shape index (κ2) is 6.86. The van der Waals surface area contributed by atoms with Gasteiger partial charge in [0.2, 0.25) is 0 Å². The quantitative estimate of drug-likeness (QED) is 0.643. The van der Waals surface area contributed by atoms with Crippen molar-refractivity contribution < 1.29 is 17.6 Å². The smallest absolute Gasteiger partial charge is 0.315 e. The first-order valence-corrected chi connectivity index (χ1v) is 8.03. The Morgan fingerprint density at radius 3 is 2.46 bits per heavy atom. The fraction of sp³-hybridized carbons (Fsp3) is 0.278. The summed E-state index contributed by atoms with van der Waals surface area (Å²) in [5.41, 5.74) is -1.38. The molecule has 3 rings (SSSR count). The average molecular weight is 365 g/mol. The summed E-state index contributed by atoms with van der Waals surface area (Å²) in [7, 11) is 0. The van der Waals surface area contributed by atoms with Crippen LogP contribution in [0.3, 0.4) is 0 Å². The van der Waals surface area contributed by atoms with Crippen molar-refractivity contribution in [1.82, 2.24) is 14.5 Å². The summed E-state index contributed by atoms with van der Waals surface area (Å²) in [6, 6.07) is 4.12. The van der Waals surface area contributed by atoms with Gasteiger partial charge in [-0.1, -0.05) is 13.3 Å². The van der Waals surface area contributed by atoms with E-state index in [-0.39, 0.29) is 22.3 Å². The van der Waals surface area contributed by atoms with Crippen LogP contribution in [0, 0.1) is 5.82 Å². The second-order valence-electron chi connectivity index (χ2n) is 5.88. The van der Waals surface area contributed by atoms with Crippen LogP contribution in [0.4, 0.5) is 17.6 Å². The molecule has 0 saturated heterocycles. The number of alkyl halides is 3. The predicted molar refractivity (Wildman–Crippen MR) is 89.1 cm³/mol. The summed E-state index contributed by atoms with van der Waals surface area (Å²) in [6.45, 7) is 2.54. The van der Waals surface area contributed by atoms with Crippen molar-refractivity contribution in [2.45, 2.75) is 32.5 Å². The van der Waals surface area contributed by atoms with Crippen LogP contribution in [0.5, 0.6) is 0 Å². The number of aryl methyl sites for hydroxylation is 1. The van der Waals surface area contributed by atoms with E-state index in [2.05, 4.69) is 9.97 Å². The standard InChI is InChI=1S/C18H15F4N3O/c1-2-3-5-25-6-4-11-7-14(15(19)8-13(11)17(25)26)16-23-9-12(10-24-16)18(20,21)22/h4,6-10H,2-3,5H2,1H3. The minimum Gasteiger partial charge on any atom is -0.315 e. The van der Waals surface area contributed by atoms with Crippen molar-refractivity contribution in [2.24, 2.45) is 0 Å². The summed E-state index contributed by atoms with van der Waals surface area (Å²) in [4.78, 5) is 19.6. The molecule has 136 valence electrons. The summed E-state index contributed by atoms with van der Waals surface area (Å²) in [5.74, 6) is -0.935. The number of benzene rings is 1. The number of hydrogen-bond acceptors (Lipinski definition) is 3. The van der Waals surface area contributed by atoms with E-state index in [1.807, 2.05) is 6.92 Å². The van der Waals surface area contributed by atoms with E-state index < -0.39 is 17.6 Å². The highest BCUT2D eigenvalue weighted by Gasteiger charge is 2.31. The molecule has 8 heteroatoms. The summed E-state index contributed by atoms with van der Waals surface area (Å²) in [5, 5.41) is 0.680. The van der Waals surface area contributed by atoms with Crippen molar-refractivity contribution in [3.63, 3.8) is 0 Å². The molecule has 1 aromatic carbocycles. The highest BCUT2D eigenvalue weighted by molar-refractivity contribution is 5.85. The Balaban J connectivity index is 2.05. The van der Waals surface area contributed by atoms with Gasteiger partial charge in [-0.2, -0.15) is 13.2 Å². The Morgan fingerprint density at radius 2 is 1.85 bits per heavy atom. The van der Waals surface area contributed by atoms with Crippen LogP contribution in [0.15, 0.2) is 41.6 Å². The molecule has 0 aliphatic heterocycles. The van der Waals surface area contributed by atoms with Gasteiger partial charge in [-0.3, -0.25) is 4.79 Å². The molecule has 0 aliphatic rings. The molecule has 0 unspecified atom stereocenters. The van der Waals surface area contributed by atoms with E-state index in [1.165, 1.54) is 10.6 Å². The van der Waals surface area contributed by atoms with Crippen molar-refractivity contribution in [2.75, 3.05) is 0 Å². The van der Waals surface area contributed by atoms with Gasteiger partial charge < -0.3 is 4.57 Å². The minimum atomic E-state index is -4.57. The van der Waals surface area contributed by atoms with Gasteiger partial charge >= 0.3 is 6.18 Å². The number of rotatable bonds is 4. The fourth-order valence-corrected chi connectivity index (χ4v) is 2.60. The van der Waals surface area contributed by atoms with E-state index in [4.69, 9.17) is 0 Å². The van der Waals surface area contributed by atoms with Crippen LogP contribution in [-0.4, -0.2) is 14.5 Å². The Kier molecular flexibility index (Phi) is 4.76. The zero-order chi connectivity index (χ0) is 18.9. The van der Waals surface area contributed by atoms with Gasteiger partial charge in [0.15, 0.2) is 5.82 Å². The van der Waals surface area contributed by atoms with Gasteiger partial charge in [0.1, 0.15) is 5.82 Å². The minimum absolute atomic E-state index is 0.0584. The molecule has 0 saturated carbocycles. The van der Waals surface area contributed by atoms with Crippen LogP contribution in [0.2, 0.25) is 0 Å². The summed E-state index contributed by atoms with van der Waals surface area (Å²) >= 11 is 0. The van der Waals surface area contributed by atoms with E-state index in [1.54, 1.807) is 12.3 Å². The van der Waals surface area contributed by atoms with E-state index in [0.717, 1.165) is 18.9 Å². The second-order valence-corrected chi connectivity index (χ2v) is 5.88. The molecule has 0 spiro atoms. The maximum Gasteiger partial charge on any atom is 0.419 e. The molecule has 0 aliphatic carbocycles. The number of pyridine rings is 1. The molecule has 2 heterocycles. The number of hydrogen-bond donors (Lipinski definition) is 0. The van der Waals surface area contributed by atoms with Crippen LogP contribution >= 0.6 is 0 Å². The van der Waals surface area contributed by atoms with E-state index in [0.29, 0.717) is 24.3 Å². The number of nitrogens with zero attached hydrogens (tertiary/aromatic N) is 3. The monoisotopic (exact) mass is 365 g/mol. The number of aromatic nitrogens is 3. The van der Waals surface area contributed by atoms with Gasteiger partial charge in [0, 0.05) is 25.1 Å². The third-order valence-electron chi connectivity index (χ3n) is 4.04. The van der Waals surface area contributed by atoms with E-state index in [9.17, 15) is 22.4 Å². The first kappa shape index (κ1) is 18.0. The summed E-state index contributed by atoms with van der Waals surface area (Å²) < 4.78 is 53.7. The molecule has 0 atom stereocenters. The zero-order valence-electron chi connectivity index (χ0n) is 13.8. The largest absolute Gasteiger partial charge is 0.419 e. The lowest BCUT2D eigenvalue weighted by Gasteiger charge is -2.09. The average Bonchev–Trinajstić information content (AvgIpc) is 2.61. The highest BCUT2D eigenvalue weighted by Crippen LogP contribution is 2.29. The molecule has 0 fully saturated rings. The predicted octanol–water partition coefficient (Wildman–Crippen LogP) is 4.42. The molecular formula is C18H15F4N3O. The number of halogens is 4. The normalized spacial score (nSPS) is 11.9. The Hall–Kier alpha value is -2.77. The molecule has 4 nitrogen and oxygen atoms in total. The maximum atomic E-state index is 14.5.